The Kier molecular flexibility index (Phi) is 5.57. The molecule has 1 atom stereocenters. The van der Waals surface area contributed by atoms with E-state index in [4.69, 9.17) is 10.2 Å². The fourth-order valence-electron chi connectivity index (χ4n) is 1.42. The minimum atomic E-state index is -1.17. The van der Waals surface area contributed by atoms with Gasteiger partial charge in [0, 0.05) is 12.0 Å². The van der Waals surface area contributed by atoms with E-state index in [1.165, 1.54) is 0 Å². The molecule has 0 spiro atoms. The molecule has 0 amide bonds. The number of aryl methyl sites for hydroxylation is 1. The summed E-state index contributed by atoms with van der Waals surface area (Å²) in [7, 11) is 0. The lowest BCUT2D eigenvalue weighted by molar-refractivity contribution is -0.136. The molecule has 5 nitrogen and oxygen atoms in total. The minimum absolute atomic E-state index is 0.212. The summed E-state index contributed by atoms with van der Waals surface area (Å²) in [4.78, 5) is 33.3. The van der Waals surface area contributed by atoms with Crippen LogP contribution in [0.15, 0.2) is 24.3 Å². The zero-order valence-corrected chi connectivity index (χ0v) is 11.1. The van der Waals surface area contributed by atoms with Crippen molar-refractivity contribution in [1.82, 2.24) is 0 Å². The SMILES string of the molecule is Cc1ccc(C(=O)C[C@H](SCC(=O)O)C(=O)O)cc1. The van der Waals surface area contributed by atoms with Gasteiger partial charge < -0.3 is 10.2 Å². The second kappa shape index (κ2) is 6.94. The molecule has 102 valence electrons. The number of carboxylic acid groups (broad SMARTS) is 2. The van der Waals surface area contributed by atoms with Crippen molar-refractivity contribution in [2.24, 2.45) is 0 Å². The highest BCUT2D eigenvalue weighted by Crippen LogP contribution is 2.18. The van der Waals surface area contributed by atoms with Gasteiger partial charge in [0.05, 0.1) is 5.75 Å². The van der Waals surface area contributed by atoms with E-state index >= 15 is 0 Å². The van der Waals surface area contributed by atoms with Crippen molar-refractivity contribution in [3.8, 4) is 0 Å². The molecule has 0 saturated carbocycles. The Morgan fingerprint density at radius 1 is 1.16 bits per heavy atom. The second-order valence-electron chi connectivity index (χ2n) is 4.02. The predicted molar refractivity (Wildman–Crippen MR) is 71.6 cm³/mol. The second-order valence-corrected chi connectivity index (χ2v) is 5.22. The number of benzene rings is 1. The van der Waals surface area contributed by atoms with Gasteiger partial charge in [-0.15, -0.1) is 11.8 Å². The van der Waals surface area contributed by atoms with E-state index in [2.05, 4.69) is 0 Å². The molecule has 0 heterocycles. The van der Waals surface area contributed by atoms with Crippen LogP contribution in [0, 0.1) is 6.92 Å². The lowest BCUT2D eigenvalue weighted by Crippen LogP contribution is -2.22. The normalized spacial score (nSPS) is 11.8. The Balaban J connectivity index is 2.68. The van der Waals surface area contributed by atoms with Gasteiger partial charge in [0.1, 0.15) is 5.25 Å². The molecule has 0 fully saturated rings. The number of thioether (sulfide) groups is 1. The summed E-state index contributed by atoms with van der Waals surface area (Å²) in [5.74, 6) is -2.91. The number of hydrogen-bond donors (Lipinski definition) is 2. The average Bonchev–Trinajstić information content (AvgIpc) is 2.34. The number of rotatable bonds is 7. The first-order valence-corrected chi connectivity index (χ1v) is 6.61. The first-order chi connectivity index (χ1) is 8.90. The van der Waals surface area contributed by atoms with Crippen LogP contribution in [0.4, 0.5) is 0 Å². The number of ketones is 1. The van der Waals surface area contributed by atoms with Crippen LogP contribution >= 0.6 is 11.8 Å². The fraction of sp³-hybridized carbons (Fsp3) is 0.308. The monoisotopic (exact) mass is 282 g/mol. The van der Waals surface area contributed by atoms with Crippen LogP contribution in [0.2, 0.25) is 0 Å². The Bertz CT molecular complexity index is 480. The average molecular weight is 282 g/mol. The summed E-state index contributed by atoms with van der Waals surface area (Å²) in [6.07, 6.45) is -0.212. The van der Waals surface area contributed by atoms with Crippen LogP contribution in [-0.4, -0.2) is 38.9 Å². The third-order valence-electron chi connectivity index (χ3n) is 2.43. The quantitative estimate of drug-likeness (QED) is 0.741. The number of carbonyl (C=O) groups excluding carboxylic acids is 1. The van der Waals surface area contributed by atoms with Gasteiger partial charge >= 0.3 is 11.9 Å². The molecule has 0 aliphatic rings. The van der Waals surface area contributed by atoms with Gasteiger partial charge in [0.2, 0.25) is 0 Å². The van der Waals surface area contributed by atoms with Gasteiger partial charge in [-0.3, -0.25) is 14.4 Å². The summed E-state index contributed by atoms with van der Waals surface area (Å²) in [6.45, 7) is 1.89. The minimum Gasteiger partial charge on any atom is -0.481 e. The molecule has 0 bridgehead atoms. The smallest absolute Gasteiger partial charge is 0.317 e. The van der Waals surface area contributed by atoms with E-state index in [0.29, 0.717) is 5.56 Å². The maximum absolute atomic E-state index is 11.9. The van der Waals surface area contributed by atoms with Gasteiger partial charge in [-0.25, -0.2) is 0 Å². The van der Waals surface area contributed by atoms with Gasteiger partial charge in [-0.05, 0) is 6.92 Å². The molecule has 1 rings (SSSR count). The highest BCUT2D eigenvalue weighted by Gasteiger charge is 2.23. The Labute approximate surface area is 114 Å². The highest BCUT2D eigenvalue weighted by molar-refractivity contribution is 8.01. The Hall–Kier alpha value is -1.82. The maximum atomic E-state index is 11.9. The molecule has 6 heteroatoms. The van der Waals surface area contributed by atoms with Crippen molar-refractivity contribution >= 4 is 29.5 Å². The molecule has 0 unspecified atom stereocenters. The van der Waals surface area contributed by atoms with Crippen LogP contribution in [0.5, 0.6) is 0 Å². The van der Waals surface area contributed by atoms with Crippen molar-refractivity contribution in [3.05, 3.63) is 35.4 Å². The summed E-state index contributed by atoms with van der Waals surface area (Å²) >= 11 is 0.744. The first-order valence-electron chi connectivity index (χ1n) is 5.56. The van der Waals surface area contributed by atoms with Gasteiger partial charge in [-0.2, -0.15) is 0 Å². The number of aliphatic carboxylic acids is 2. The van der Waals surface area contributed by atoms with Crippen molar-refractivity contribution in [2.75, 3.05) is 5.75 Å². The lowest BCUT2D eigenvalue weighted by Gasteiger charge is -2.10. The standard InChI is InChI=1S/C13H14O5S/c1-8-2-4-9(5-3-8)10(14)6-11(13(17)18)19-7-12(15)16/h2-5,11H,6-7H2,1H3,(H,15,16)(H,17,18)/t11-/m0/s1. The summed E-state index contributed by atoms with van der Waals surface area (Å²) in [5, 5.41) is 16.5. The zero-order chi connectivity index (χ0) is 14.4. The largest absolute Gasteiger partial charge is 0.481 e. The van der Waals surface area contributed by atoms with Gasteiger partial charge in [-0.1, -0.05) is 29.8 Å². The van der Waals surface area contributed by atoms with Crippen LogP contribution in [0.25, 0.3) is 0 Å². The van der Waals surface area contributed by atoms with E-state index in [0.717, 1.165) is 17.3 Å². The highest BCUT2D eigenvalue weighted by atomic mass is 32.2. The van der Waals surface area contributed by atoms with E-state index in [9.17, 15) is 14.4 Å². The Morgan fingerprint density at radius 3 is 2.21 bits per heavy atom. The van der Waals surface area contributed by atoms with Crippen LogP contribution in [0.3, 0.4) is 0 Å². The molecule has 0 saturated heterocycles. The molecule has 0 aliphatic heterocycles. The predicted octanol–water partition coefficient (Wildman–Crippen LogP) is 1.84. The van der Waals surface area contributed by atoms with Crippen molar-refractivity contribution in [3.63, 3.8) is 0 Å². The molecular weight excluding hydrogens is 268 g/mol. The number of carbonyl (C=O) groups is 3. The van der Waals surface area contributed by atoms with Crippen LogP contribution < -0.4 is 0 Å². The van der Waals surface area contributed by atoms with E-state index in [-0.39, 0.29) is 18.0 Å². The molecule has 0 radical (unpaired) electrons. The summed E-state index contributed by atoms with van der Waals surface area (Å²) in [6, 6.07) is 6.82. The lowest BCUT2D eigenvalue weighted by atomic mass is 10.1. The third kappa shape index (κ3) is 5.13. The van der Waals surface area contributed by atoms with Gasteiger partial charge in [0.25, 0.3) is 0 Å². The molecule has 0 aromatic heterocycles. The topological polar surface area (TPSA) is 91.7 Å². The van der Waals surface area contributed by atoms with E-state index < -0.39 is 17.2 Å². The maximum Gasteiger partial charge on any atom is 0.317 e. The van der Waals surface area contributed by atoms with E-state index in [1.807, 2.05) is 6.92 Å². The van der Waals surface area contributed by atoms with Crippen molar-refractivity contribution in [2.45, 2.75) is 18.6 Å². The summed E-state index contributed by atoms with van der Waals surface area (Å²) < 4.78 is 0. The molecular formula is C13H14O5S. The fourth-order valence-corrected chi connectivity index (χ4v) is 2.17. The van der Waals surface area contributed by atoms with Crippen LogP contribution in [0.1, 0.15) is 22.3 Å². The van der Waals surface area contributed by atoms with Crippen LogP contribution in [-0.2, 0) is 9.59 Å². The zero-order valence-electron chi connectivity index (χ0n) is 10.3. The van der Waals surface area contributed by atoms with E-state index in [1.54, 1.807) is 24.3 Å². The number of carboxylic acids is 2. The van der Waals surface area contributed by atoms with Gasteiger partial charge in [0.15, 0.2) is 5.78 Å². The molecule has 1 aromatic carbocycles. The molecule has 2 N–H and O–H groups in total. The molecule has 19 heavy (non-hydrogen) atoms. The number of Topliss-reactive ketones (excluding diaryl/α,β-unsaturated/α-hetero) is 1. The summed E-state index contributed by atoms with van der Waals surface area (Å²) in [5.41, 5.74) is 1.44. The molecule has 1 aromatic rings. The third-order valence-corrected chi connectivity index (χ3v) is 3.61. The number of hydrogen-bond acceptors (Lipinski definition) is 4. The molecule has 0 aliphatic carbocycles. The van der Waals surface area contributed by atoms with Crippen molar-refractivity contribution < 1.29 is 24.6 Å². The van der Waals surface area contributed by atoms with Crippen molar-refractivity contribution in [1.29, 1.82) is 0 Å². The first kappa shape index (κ1) is 15.2. The Morgan fingerprint density at radius 2 is 1.74 bits per heavy atom.